The number of nitrogens with one attached hydrogen (secondary N) is 3. The summed E-state index contributed by atoms with van der Waals surface area (Å²) in [6, 6.07) is 8.58. The Hall–Kier alpha value is -3.27. The average molecular weight is 470 g/mol. The first-order chi connectivity index (χ1) is 16.0. The van der Waals surface area contributed by atoms with Crippen molar-refractivity contribution in [2.45, 2.75) is 62.8 Å². The number of hydrogen-bond acceptors (Lipinski definition) is 6. The van der Waals surface area contributed by atoms with E-state index < -0.39 is 23.8 Å². The van der Waals surface area contributed by atoms with Crippen LogP contribution in [0, 0.1) is 0 Å². The lowest BCUT2D eigenvalue weighted by Crippen LogP contribution is -2.45. The molecule has 1 saturated carbocycles. The number of Topliss-reactive ketones (excluding diaryl/α,β-unsaturated/α-hetero) is 1. The molecule has 4 N–H and O–H groups in total. The number of nitrogens with zero attached hydrogens (tertiary/aromatic N) is 2. The molecule has 1 atom stereocenters. The van der Waals surface area contributed by atoms with Gasteiger partial charge in [0, 0.05) is 17.7 Å². The highest BCUT2D eigenvalue weighted by Gasteiger charge is 2.38. The number of carboxylic acid groups (broad SMARTS) is 1. The van der Waals surface area contributed by atoms with Crippen LogP contribution in [0.1, 0.15) is 56.4 Å². The minimum absolute atomic E-state index is 0.0424. The Morgan fingerprint density at radius 1 is 1.15 bits per heavy atom. The quantitative estimate of drug-likeness (QED) is 0.259. The fourth-order valence-electron chi connectivity index (χ4n) is 4.62. The number of carbonyl (C=O) groups is 3. The van der Waals surface area contributed by atoms with Gasteiger partial charge in [-0.2, -0.15) is 5.10 Å². The first-order valence-electron chi connectivity index (χ1n) is 11.2. The summed E-state index contributed by atoms with van der Waals surface area (Å²) in [7, 11) is 0. The number of rotatable bonds is 10. The van der Waals surface area contributed by atoms with Crippen LogP contribution in [0.15, 0.2) is 36.5 Å². The van der Waals surface area contributed by atoms with Gasteiger partial charge in [-0.1, -0.05) is 37.8 Å². The number of amides is 2. The zero-order valence-electron chi connectivity index (χ0n) is 18.2. The summed E-state index contributed by atoms with van der Waals surface area (Å²) in [5.41, 5.74) is 1.07. The van der Waals surface area contributed by atoms with Crippen LogP contribution in [0.2, 0.25) is 0 Å². The molecule has 0 aliphatic heterocycles. The van der Waals surface area contributed by atoms with Crippen molar-refractivity contribution in [3.8, 4) is 0 Å². The Morgan fingerprint density at radius 2 is 1.94 bits per heavy atom. The van der Waals surface area contributed by atoms with Gasteiger partial charge in [-0.25, -0.2) is 9.78 Å². The van der Waals surface area contributed by atoms with Crippen molar-refractivity contribution in [1.82, 2.24) is 20.5 Å². The Kier molecular flexibility index (Phi) is 7.02. The van der Waals surface area contributed by atoms with Crippen LogP contribution in [0.25, 0.3) is 10.2 Å². The number of carbonyl (C=O) groups excluding carboxylic acids is 2. The lowest BCUT2D eigenvalue weighted by Gasteiger charge is -2.27. The predicted molar refractivity (Wildman–Crippen MR) is 125 cm³/mol. The third-order valence-corrected chi connectivity index (χ3v) is 7.57. The third kappa shape index (κ3) is 5.39. The number of thiazole rings is 1. The van der Waals surface area contributed by atoms with Gasteiger partial charge in [-0.3, -0.25) is 14.7 Å². The monoisotopic (exact) mass is 469 g/mol. The molecular formula is C23H27N5O4S. The maximum Gasteiger partial charge on any atom is 0.405 e. The normalized spacial score (nSPS) is 15.9. The van der Waals surface area contributed by atoms with Crippen LogP contribution in [0.5, 0.6) is 0 Å². The Morgan fingerprint density at radius 3 is 2.64 bits per heavy atom. The lowest BCUT2D eigenvalue weighted by atomic mass is 9.81. The molecule has 1 aromatic carbocycles. The standard InChI is InChI=1S/C23H27N5O4S/c29-19(20(30)27-18-10-14-24-28-18)16(26-22(31)32)8-3-4-11-23(12-5-6-13-23)21-25-15-7-1-2-9-17(15)33-21/h1-2,7,9-10,14,16,26H,3-6,8,11-13H2,(H,31,32)(H2,24,27,28,30)/t16-/m0/s1. The molecule has 174 valence electrons. The number of fused-ring (bicyclic) bond motifs is 1. The van der Waals surface area contributed by atoms with Crippen LogP contribution in [0.4, 0.5) is 10.6 Å². The summed E-state index contributed by atoms with van der Waals surface area (Å²) in [6.07, 6.45) is 7.34. The van der Waals surface area contributed by atoms with E-state index in [1.807, 2.05) is 18.2 Å². The lowest BCUT2D eigenvalue weighted by molar-refractivity contribution is -0.136. The predicted octanol–water partition coefficient (Wildman–Crippen LogP) is 4.24. The number of para-hydroxylation sites is 1. The molecule has 0 unspecified atom stereocenters. The first-order valence-corrected chi connectivity index (χ1v) is 12.0. The van der Waals surface area contributed by atoms with E-state index in [1.54, 1.807) is 11.3 Å². The van der Waals surface area contributed by atoms with Crippen molar-refractivity contribution in [1.29, 1.82) is 0 Å². The van der Waals surface area contributed by atoms with Crippen LogP contribution < -0.4 is 10.6 Å². The molecule has 1 aliphatic rings. The van der Waals surface area contributed by atoms with E-state index in [-0.39, 0.29) is 17.7 Å². The summed E-state index contributed by atoms with van der Waals surface area (Å²) in [5.74, 6) is -1.49. The number of aromatic nitrogens is 3. The van der Waals surface area contributed by atoms with Gasteiger partial charge in [-0.05, 0) is 37.8 Å². The smallest absolute Gasteiger partial charge is 0.405 e. The second-order valence-electron chi connectivity index (χ2n) is 8.50. The van der Waals surface area contributed by atoms with Crippen LogP contribution in [-0.2, 0) is 15.0 Å². The maximum absolute atomic E-state index is 12.6. The van der Waals surface area contributed by atoms with E-state index in [1.165, 1.54) is 34.8 Å². The van der Waals surface area contributed by atoms with Gasteiger partial charge in [0.15, 0.2) is 5.82 Å². The van der Waals surface area contributed by atoms with Crippen molar-refractivity contribution >= 4 is 45.2 Å². The molecule has 33 heavy (non-hydrogen) atoms. The zero-order valence-corrected chi connectivity index (χ0v) is 19.0. The summed E-state index contributed by atoms with van der Waals surface area (Å²) in [6.45, 7) is 0. The van der Waals surface area contributed by atoms with E-state index in [0.29, 0.717) is 6.42 Å². The fourth-order valence-corrected chi connectivity index (χ4v) is 5.86. The third-order valence-electron chi connectivity index (χ3n) is 6.29. The number of ketones is 1. The molecule has 2 heterocycles. The van der Waals surface area contributed by atoms with Crippen molar-refractivity contribution in [3.63, 3.8) is 0 Å². The number of H-pyrrole nitrogens is 1. The number of aromatic amines is 1. The average Bonchev–Trinajstić information content (AvgIpc) is 3.56. The maximum atomic E-state index is 12.6. The summed E-state index contributed by atoms with van der Waals surface area (Å²) < 4.78 is 1.19. The van der Waals surface area contributed by atoms with Crippen LogP contribution >= 0.6 is 11.3 Å². The van der Waals surface area contributed by atoms with Gasteiger partial charge in [0.25, 0.3) is 5.91 Å². The SMILES string of the molecule is O=C(O)N[C@@H](CCCCC1(c2nc3ccccc3s2)CCCC1)C(=O)C(=O)Nc1cc[nH]n1. The van der Waals surface area contributed by atoms with Crippen molar-refractivity contribution in [2.75, 3.05) is 5.32 Å². The molecule has 0 bridgehead atoms. The van der Waals surface area contributed by atoms with Crippen LogP contribution in [0.3, 0.4) is 0 Å². The van der Waals surface area contributed by atoms with E-state index in [4.69, 9.17) is 10.1 Å². The molecule has 0 spiro atoms. The minimum atomic E-state index is -1.33. The largest absolute Gasteiger partial charge is 0.465 e. The van der Waals surface area contributed by atoms with Crippen molar-refractivity contribution < 1.29 is 19.5 Å². The van der Waals surface area contributed by atoms with Gasteiger partial charge in [-0.15, -0.1) is 11.3 Å². The molecule has 1 aliphatic carbocycles. The molecular weight excluding hydrogens is 442 g/mol. The fraction of sp³-hybridized carbons (Fsp3) is 0.435. The second-order valence-corrected chi connectivity index (χ2v) is 9.53. The molecule has 0 radical (unpaired) electrons. The number of unbranched alkanes of at least 4 members (excludes halogenated alkanes) is 1. The highest BCUT2D eigenvalue weighted by molar-refractivity contribution is 7.18. The second kappa shape index (κ2) is 10.1. The minimum Gasteiger partial charge on any atom is -0.465 e. The molecule has 2 amide bonds. The Labute approximate surface area is 195 Å². The van der Waals surface area contributed by atoms with Gasteiger partial charge >= 0.3 is 6.09 Å². The summed E-state index contributed by atoms with van der Waals surface area (Å²) in [4.78, 5) is 40.9. The number of hydrogen-bond donors (Lipinski definition) is 4. The Balaban J connectivity index is 1.37. The van der Waals surface area contributed by atoms with Gasteiger partial charge in [0.2, 0.25) is 5.78 Å². The van der Waals surface area contributed by atoms with Crippen LogP contribution in [-0.4, -0.2) is 44.1 Å². The topological polar surface area (TPSA) is 137 Å². The molecule has 0 saturated heterocycles. The summed E-state index contributed by atoms with van der Waals surface area (Å²) in [5, 5.41) is 21.2. The molecule has 1 fully saturated rings. The summed E-state index contributed by atoms with van der Waals surface area (Å²) >= 11 is 1.76. The highest BCUT2D eigenvalue weighted by atomic mass is 32.1. The van der Waals surface area contributed by atoms with E-state index in [9.17, 15) is 14.4 Å². The van der Waals surface area contributed by atoms with E-state index in [2.05, 4.69) is 26.9 Å². The van der Waals surface area contributed by atoms with Crippen molar-refractivity contribution in [3.05, 3.63) is 41.5 Å². The van der Waals surface area contributed by atoms with E-state index in [0.717, 1.165) is 31.2 Å². The molecule has 9 nitrogen and oxygen atoms in total. The molecule has 10 heteroatoms. The van der Waals surface area contributed by atoms with Gasteiger partial charge in [0.05, 0.1) is 15.2 Å². The highest BCUT2D eigenvalue weighted by Crippen LogP contribution is 2.47. The zero-order chi connectivity index (χ0) is 23.3. The van der Waals surface area contributed by atoms with Crippen molar-refractivity contribution in [2.24, 2.45) is 0 Å². The first kappa shape index (κ1) is 22.9. The van der Waals surface area contributed by atoms with Gasteiger partial charge in [0.1, 0.15) is 6.04 Å². The molecule has 2 aromatic heterocycles. The van der Waals surface area contributed by atoms with E-state index >= 15 is 0 Å². The Bertz CT molecular complexity index is 1090. The molecule has 3 aromatic rings. The molecule has 4 rings (SSSR count). The number of benzene rings is 1. The number of anilines is 1. The van der Waals surface area contributed by atoms with Gasteiger partial charge < -0.3 is 15.7 Å².